The zero-order valence-electron chi connectivity index (χ0n) is 32.3. The Bertz CT molecular complexity index is 3210. The highest BCUT2D eigenvalue weighted by Crippen LogP contribution is 2.46. The average molecular weight is 763 g/mol. The van der Waals surface area contributed by atoms with Crippen molar-refractivity contribution < 1.29 is 4.57 Å². The summed E-state index contributed by atoms with van der Waals surface area (Å²) < 4.78 is 12.9. The molecule has 58 heavy (non-hydrogen) atoms. The van der Waals surface area contributed by atoms with Crippen LogP contribution in [0.5, 0.6) is 0 Å². The summed E-state index contributed by atoms with van der Waals surface area (Å²) in [6.45, 7) is 3.63. The van der Waals surface area contributed by atoms with Gasteiger partial charge in [0.25, 0.3) is 0 Å². The number of fused-ring (bicyclic) bond motifs is 4. The third kappa shape index (κ3) is 6.50. The highest BCUT2D eigenvalue weighted by atomic mass is 31.2. The number of rotatable bonds is 7. The minimum atomic E-state index is -2.41. The van der Waals surface area contributed by atoms with Gasteiger partial charge in [0.1, 0.15) is 7.14 Å². The average Bonchev–Trinajstić information content (AvgIpc) is 3.28. The summed E-state index contributed by atoms with van der Waals surface area (Å²) in [5, 5.41) is 8.29. The molecule has 9 aromatic carbocycles. The molecule has 1 heterocycles. The summed E-state index contributed by atoms with van der Waals surface area (Å²) in [4.78, 5) is 10.3. The van der Waals surface area contributed by atoms with Crippen LogP contribution in [0.25, 0.3) is 99.6 Å². The standard InChI is InChI=1S/C54H39N2OP/c1-58(2,57)44-23-14-21-42(34-44)41-20-13-22-43(33-41)50-35-49(55-54(56-50)40-18-7-4-8-19-40)37-27-29-39(30-28-37)51-46-25-11-12-26-47(46)52(38-16-5-3-6-17-38)53-45-24-10-9-15-36(45)31-32-48(51)53/h3-35H,1-2H3. The second-order valence-corrected chi connectivity index (χ2v) is 18.5. The van der Waals surface area contributed by atoms with Crippen LogP contribution in [0, 0.1) is 0 Å². The molecule has 0 fully saturated rings. The molecule has 276 valence electrons. The maximum Gasteiger partial charge on any atom is 0.160 e. The van der Waals surface area contributed by atoms with Crippen LogP contribution in [-0.4, -0.2) is 23.3 Å². The SMILES string of the molecule is CP(C)(=O)c1cccc(-c2cccc(-c3cc(-c4ccc(-c5c6ccccc6c(-c6ccccc6)c6c5ccc5ccccc56)cc4)nc(-c4ccccc4)n3)c2)c1. The highest BCUT2D eigenvalue weighted by Gasteiger charge is 2.19. The van der Waals surface area contributed by atoms with E-state index in [9.17, 15) is 4.57 Å². The van der Waals surface area contributed by atoms with Crippen LogP contribution in [0.4, 0.5) is 0 Å². The molecule has 0 amide bonds. The first kappa shape index (κ1) is 35.5. The third-order valence-electron chi connectivity index (χ3n) is 11.2. The normalized spacial score (nSPS) is 11.7. The Hall–Kier alpha value is -6.93. The molecule has 10 rings (SSSR count). The predicted molar refractivity (Wildman–Crippen MR) is 246 cm³/mol. The van der Waals surface area contributed by atoms with Crippen molar-refractivity contribution in [2.45, 2.75) is 0 Å². The maximum absolute atomic E-state index is 12.9. The van der Waals surface area contributed by atoms with E-state index >= 15 is 0 Å². The number of nitrogens with zero attached hydrogens (tertiary/aromatic N) is 2. The fourth-order valence-electron chi connectivity index (χ4n) is 8.31. The molecule has 0 unspecified atom stereocenters. The number of hydrogen-bond donors (Lipinski definition) is 0. The van der Waals surface area contributed by atoms with E-state index in [2.05, 4.69) is 164 Å². The maximum atomic E-state index is 12.9. The Kier molecular flexibility index (Phi) is 8.89. The highest BCUT2D eigenvalue weighted by molar-refractivity contribution is 7.70. The van der Waals surface area contributed by atoms with Gasteiger partial charge in [-0.2, -0.15) is 0 Å². The summed E-state index contributed by atoms with van der Waals surface area (Å²) >= 11 is 0. The first-order valence-corrected chi connectivity index (χ1v) is 22.2. The van der Waals surface area contributed by atoms with Crippen molar-refractivity contribution in [2.24, 2.45) is 0 Å². The smallest absolute Gasteiger partial charge is 0.160 e. The van der Waals surface area contributed by atoms with Crippen LogP contribution >= 0.6 is 7.14 Å². The fourth-order valence-corrected chi connectivity index (χ4v) is 9.20. The van der Waals surface area contributed by atoms with Crippen molar-refractivity contribution in [3.05, 3.63) is 200 Å². The van der Waals surface area contributed by atoms with E-state index in [0.717, 1.165) is 50.1 Å². The Morgan fingerprint density at radius 2 is 0.879 bits per heavy atom. The van der Waals surface area contributed by atoms with Gasteiger partial charge in [0.2, 0.25) is 0 Å². The number of aromatic nitrogens is 2. The monoisotopic (exact) mass is 762 g/mol. The summed E-state index contributed by atoms with van der Waals surface area (Å²) in [6, 6.07) is 70.5. The first-order chi connectivity index (χ1) is 28.4. The zero-order chi connectivity index (χ0) is 39.2. The second-order valence-electron chi connectivity index (χ2n) is 15.3. The lowest BCUT2D eigenvalue weighted by atomic mass is 9.84. The van der Waals surface area contributed by atoms with Gasteiger partial charge < -0.3 is 4.57 Å². The fraction of sp³-hybridized carbons (Fsp3) is 0.0370. The lowest BCUT2D eigenvalue weighted by Gasteiger charge is -2.19. The van der Waals surface area contributed by atoms with E-state index in [0.29, 0.717) is 5.82 Å². The Balaban J connectivity index is 1.13. The third-order valence-corrected chi connectivity index (χ3v) is 12.7. The Labute approximate surface area is 338 Å². The molecular weight excluding hydrogens is 724 g/mol. The molecule has 1 aromatic heterocycles. The largest absolute Gasteiger partial charge is 0.319 e. The van der Waals surface area contributed by atoms with Crippen LogP contribution in [0.2, 0.25) is 0 Å². The van der Waals surface area contributed by atoms with Gasteiger partial charge in [-0.1, -0.05) is 182 Å². The van der Waals surface area contributed by atoms with Crippen LogP contribution in [-0.2, 0) is 4.57 Å². The minimum Gasteiger partial charge on any atom is -0.319 e. The molecule has 3 nitrogen and oxygen atoms in total. The number of benzene rings is 9. The van der Waals surface area contributed by atoms with E-state index in [1.54, 1.807) is 0 Å². The molecule has 0 atom stereocenters. The van der Waals surface area contributed by atoms with E-state index in [-0.39, 0.29) is 0 Å². The van der Waals surface area contributed by atoms with E-state index in [1.165, 1.54) is 49.0 Å². The van der Waals surface area contributed by atoms with Crippen molar-refractivity contribution >= 4 is 44.8 Å². The van der Waals surface area contributed by atoms with Crippen molar-refractivity contribution in [3.8, 4) is 67.3 Å². The lowest BCUT2D eigenvalue weighted by Crippen LogP contribution is -2.02. The Morgan fingerprint density at radius 1 is 0.362 bits per heavy atom. The van der Waals surface area contributed by atoms with E-state index < -0.39 is 7.14 Å². The van der Waals surface area contributed by atoms with Gasteiger partial charge in [0, 0.05) is 22.0 Å². The van der Waals surface area contributed by atoms with Crippen LogP contribution in [0.15, 0.2) is 200 Å². The van der Waals surface area contributed by atoms with Gasteiger partial charge in [-0.25, -0.2) is 9.97 Å². The van der Waals surface area contributed by atoms with Gasteiger partial charge in [-0.3, -0.25) is 0 Å². The summed E-state index contributed by atoms with van der Waals surface area (Å²) in [5.74, 6) is 0.669. The molecule has 0 N–H and O–H groups in total. The molecule has 0 saturated heterocycles. The molecule has 4 heteroatoms. The summed E-state index contributed by atoms with van der Waals surface area (Å²) in [7, 11) is -2.41. The molecule has 0 radical (unpaired) electrons. The Morgan fingerprint density at radius 3 is 1.59 bits per heavy atom. The van der Waals surface area contributed by atoms with Crippen LogP contribution in [0.3, 0.4) is 0 Å². The van der Waals surface area contributed by atoms with Crippen molar-refractivity contribution in [3.63, 3.8) is 0 Å². The lowest BCUT2D eigenvalue weighted by molar-refractivity contribution is 0.588. The molecule has 0 spiro atoms. The predicted octanol–water partition coefficient (Wildman–Crippen LogP) is 14.2. The summed E-state index contributed by atoms with van der Waals surface area (Å²) in [6.07, 6.45) is 0. The second kappa shape index (κ2) is 14.5. The molecule has 10 aromatic rings. The molecule has 0 bridgehead atoms. The molecule has 0 saturated carbocycles. The van der Waals surface area contributed by atoms with Crippen LogP contribution < -0.4 is 5.30 Å². The van der Waals surface area contributed by atoms with Gasteiger partial charge in [-0.05, 0) is 97.2 Å². The molecule has 0 aliphatic heterocycles. The van der Waals surface area contributed by atoms with Crippen LogP contribution in [0.1, 0.15) is 0 Å². The van der Waals surface area contributed by atoms with Crippen molar-refractivity contribution in [2.75, 3.05) is 13.3 Å². The van der Waals surface area contributed by atoms with Gasteiger partial charge >= 0.3 is 0 Å². The zero-order valence-corrected chi connectivity index (χ0v) is 33.2. The topological polar surface area (TPSA) is 42.9 Å². The van der Waals surface area contributed by atoms with Crippen molar-refractivity contribution in [1.82, 2.24) is 9.97 Å². The summed E-state index contributed by atoms with van der Waals surface area (Å²) in [5.41, 5.74) is 11.6. The first-order valence-electron chi connectivity index (χ1n) is 19.6. The quantitative estimate of drug-likeness (QED) is 0.0922. The molecular formula is C54H39N2OP. The van der Waals surface area contributed by atoms with Gasteiger partial charge in [0.15, 0.2) is 5.82 Å². The minimum absolute atomic E-state index is 0.669. The van der Waals surface area contributed by atoms with Gasteiger partial charge in [-0.15, -0.1) is 0 Å². The molecule has 0 aliphatic rings. The van der Waals surface area contributed by atoms with E-state index in [1.807, 2.05) is 49.7 Å². The van der Waals surface area contributed by atoms with E-state index in [4.69, 9.17) is 9.97 Å². The van der Waals surface area contributed by atoms with Gasteiger partial charge in [0.05, 0.1) is 11.4 Å². The molecule has 0 aliphatic carbocycles. The van der Waals surface area contributed by atoms with Crippen molar-refractivity contribution in [1.29, 1.82) is 0 Å². The number of hydrogen-bond acceptors (Lipinski definition) is 3.